The number of nitrogen functional groups attached to an aromatic ring is 1. The van der Waals surface area contributed by atoms with Crippen LogP contribution < -0.4 is 11.1 Å². The molecule has 1 aromatic rings. The Hall–Kier alpha value is -1.23. The normalized spacial score (nSPS) is 12.5. The first-order valence-electron chi connectivity index (χ1n) is 6.42. The smallest absolute Gasteiger partial charge is 0.148 e. The maximum absolute atomic E-state index is 6.09. The zero-order valence-electron chi connectivity index (χ0n) is 12.7. The number of rotatable bonds is 5. The van der Waals surface area contributed by atoms with E-state index in [2.05, 4.69) is 57.1 Å². The summed E-state index contributed by atoms with van der Waals surface area (Å²) < 4.78 is 1.95. The number of likely N-dealkylation sites (N-methyl/N-ethyl adjacent to an activating group) is 1. The van der Waals surface area contributed by atoms with Gasteiger partial charge in [-0.25, -0.2) is 4.68 Å². The summed E-state index contributed by atoms with van der Waals surface area (Å²) in [5, 5.41) is 7.91. The third-order valence-electron chi connectivity index (χ3n) is 3.52. The molecule has 0 amide bonds. The topological polar surface area (TPSA) is 59.1 Å². The van der Waals surface area contributed by atoms with Crippen molar-refractivity contribution < 1.29 is 0 Å². The van der Waals surface area contributed by atoms with Crippen LogP contribution in [0.4, 0.5) is 11.5 Å². The van der Waals surface area contributed by atoms with Crippen LogP contribution in [0.1, 0.15) is 39.4 Å². The van der Waals surface area contributed by atoms with Crippen LogP contribution in [0.25, 0.3) is 0 Å². The number of nitrogens with one attached hydrogen (secondary N) is 1. The van der Waals surface area contributed by atoms with E-state index in [1.54, 1.807) is 0 Å². The molecule has 1 aromatic heterocycles. The van der Waals surface area contributed by atoms with Crippen LogP contribution in [-0.2, 0) is 0 Å². The predicted molar refractivity (Wildman–Crippen MR) is 78.0 cm³/mol. The van der Waals surface area contributed by atoms with Gasteiger partial charge in [0.1, 0.15) is 5.82 Å². The Labute approximate surface area is 110 Å². The summed E-state index contributed by atoms with van der Waals surface area (Å²) in [5.41, 5.74) is 7.78. The molecule has 0 bridgehead atoms. The fourth-order valence-corrected chi connectivity index (χ4v) is 1.57. The van der Waals surface area contributed by atoms with E-state index < -0.39 is 0 Å². The lowest BCUT2D eigenvalue weighted by Gasteiger charge is -2.33. The van der Waals surface area contributed by atoms with E-state index in [-0.39, 0.29) is 5.54 Å². The zero-order valence-corrected chi connectivity index (χ0v) is 12.7. The Morgan fingerprint density at radius 1 is 1.39 bits per heavy atom. The Balaban J connectivity index is 2.91. The molecule has 18 heavy (non-hydrogen) atoms. The highest BCUT2D eigenvalue weighted by Gasteiger charge is 2.22. The quantitative estimate of drug-likeness (QED) is 0.844. The van der Waals surface area contributed by atoms with Crippen molar-refractivity contribution in [3.8, 4) is 0 Å². The van der Waals surface area contributed by atoms with E-state index in [0.29, 0.717) is 6.04 Å². The molecule has 0 aliphatic carbocycles. The second kappa shape index (κ2) is 5.18. The van der Waals surface area contributed by atoms with Crippen molar-refractivity contribution in [3.63, 3.8) is 0 Å². The molecule has 5 heteroatoms. The summed E-state index contributed by atoms with van der Waals surface area (Å²) in [7, 11) is 4.16. The minimum absolute atomic E-state index is 0.0619. The fraction of sp³-hybridized carbons (Fsp3) is 0.769. The first kappa shape index (κ1) is 14.8. The van der Waals surface area contributed by atoms with E-state index in [0.717, 1.165) is 23.7 Å². The van der Waals surface area contributed by atoms with Gasteiger partial charge in [0.05, 0.1) is 11.4 Å². The molecule has 0 unspecified atom stereocenters. The summed E-state index contributed by atoms with van der Waals surface area (Å²) in [4.78, 5) is 2.19. The monoisotopic (exact) mass is 253 g/mol. The molecule has 0 saturated carbocycles. The largest absolute Gasteiger partial charge is 0.394 e. The molecule has 0 atom stereocenters. The average molecular weight is 253 g/mol. The molecular weight excluding hydrogens is 226 g/mol. The Morgan fingerprint density at radius 2 is 1.94 bits per heavy atom. The van der Waals surface area contributed by atoms with Crippen LogP contribution in [0.2, 0.25) is 0 Å². The van der Waals surface area contributed by atoms with Gasteiger partial charge >= 0.3 is 0 Å². The van der Waals surface area contributed by atoms with Crippen LogP contribution in [0.5, 0.6) is 0 Å². The van der Waals surface area contributed by atoms with Crippen molar-refractivity contribution in [2.75, 3.05) is 31.7 Å². The van der Waals surface area contributed by atoms with Crippen LogP contribution in [-0.4, -0.2) is 40.9 Å². The molecule has 0 spiro atoms. The molecule has 104 valence electrons. The molecule has 0 aromatic carbocycles. The van der Waals surface area contributed by atoms with Crippen LogP contribution in [0, 0.1) is 6.92 Å². The van der Waals surface area contributed by atoms with Crippen molar-refractivity contribution in [1.29, 1.82) is 0 Å². The first-order valence-corrected chi connectivity index (χ1v) is 6.42. The van der Waals surface area contributed by atoms with Crippen molar-refractivity contribution in [1.82, 2.24) is 14.7 Å². The number of hydrogen-bond donors (Lipinski definition) is 2. The molecule has 0 fully saturated rings. The number of nitrogens with two attached hydrogens (primary N) is 1. The van der Waals surface area contributed by atoms with Gasteiger partial charge < -0.3 is 16.0 Å². The first-order chi connectivity index (χ1) is 8.16. The fourth-order valence-electron chi connectivity index (χ4n) is 1.57. The highest BCUT2D eigenvalue weighted by Crippen LogP contribution is 2.26. The van der Waals surface area contributed by atoms with Gasteiger partial charge in [-0.2, -0.15) is 5.10 Å². The van der Waals surface area contributed by atoms with Gasteiger partial charge in [-0.1, -0.05) is 0 Å². The van der Waals surface area contributed by atoms with E-state index in [1.165, 1.54) is 0 Å². The van der Waals surface area contributed by atoms with Crippen LogP contribution >= 0.6 is 0 Å². The Morgan fingerprint density at radius 3 is 2.39 bits per heavy atom. The Kier molecular flexibility index (Phi) is 4.27. The van der Waals surface area contributed by atoms with Crippen LogP contribution in [0.3, 0.4) is 0 Å². The SMILES string of the molecule is Cc1nn(C(C)C)c(NCC(C)(C)N(C)C)c1N. The maximum atomic E-state index is 6.09. The summed E-state index contributed by atoms with van der Waals surface area (Å²) >= 11 is 0. The van der Waals surface area contributed by atoms with Gasteiger partial charge in [0.25, 0.3) is 0 Å². The second-order valence-corrected chi connectivity index (χ2v) is 5.95. The van der Waals surface area contributed by atoms with Crippen molar-refractivity contribution in [2.45, 2.75) is 46.2 Å². The lowest BCUT2D eigenvalue weighted by molar-refractivity contribution is 0.209. The summed E-state index contributed by atoms with van der Waals surface area (Å²) in [5.74, 6) is 0.928. The van der Waals surface area contributed by atoms with Gasteiger partial charge in [-0.15, -0.1) is 0 Å². The van der Waals surface area contributed by atoms with Crippen molar-refractivity contribution in [2.24, 2.45) is 0 Å². The average Bonchev–Trinajstić information content (AvgIpc) is 2.53. The van der Waals surface area contributed by atoms with E-state index in [4.69, 9.17) is 5.73 Å². The lowest BCUT2D eigenvalue weighted by Crippen LogP contribution is -2.44. The van der Waals surface area contributed by atoms with Crippen LogP contribution in [0.15, 0.2) is 0 Å². The minimum atomic E-state index is 0.0619. The molecule has 1 rings (SSSR count). The molecule has 5 nitrogen and oxygen atoms in total. The highest BCUT2D eigenvalue weighted by atomic mass is 15.4. The van der Waals surface area contributed by atoms with E-state index in [1.807, 2.05) is 11.6 Å². The molecule has 1 heterocycles. The van der Waals surface area contributed by atoms with Gasteiger partial charge in [0.2, 0.25) is 0 Å². The number of anilines is 2. The molecule has 0 saturated heterocycles. The summed E-state index contributed by atoms with van der Waals surface area (Å²) in [6, 6.07) is 0.297. The zero-order chi connectivity index (χ0) is 14.1. The third kappa shape index (κ3) is 2.96. The third-order valence-corrected chi connectivity index (χ3v) is 3.52. The Bertz CT molecular complexity index is 404. The van der Waals surface area contributed by atoms with Crippen molar-refractivity contribution in [3.05, 3.63) is 5.69 Å². The molecule has 3 N–H and O–H groups in total. The molecule has 0 aliphatic heterocycles. The number of nitrogens with zero attached hydrogens (tertiary/aromatic N) is 3. The summed E-state index contributed by atoms with van der Waals surface area (Å²) in [6.07, 6.45) is 0. The maximum Gasteiger partial charge on any atom is 0.148 e. The highest BCUT2D eigenvalue weighted by molar-refractivity contribution is 5.65. The van der Waals surface area contributed by atoms with Gasteiger partial charge in [0, 0.05) is 18.1 Å². The number of aromatic nitrogens is 2. The van der Waals surface area contributed by atoms with Crippen molar-refractivity contribution >= 4 is 11.5 Å². The summed E-state index contributed by atoms with van der Waals surface area (Å²) in [6.45, 7) is 11.4. The van der Waals surface area contributed by atoms with Gasteiger partial charge in [-0.05, 0) is 48.7 Å². The van der Waals surface area contributed by atoms with E-state index >= 15 is 0 Å². The number of aryl methyl sites for hydroxylation is 1. The molecule has 0 aliphatic rings. The number of hydrogen-bond acceptors (Lipinski definition) is 4. The van der Waals surface area contributed by atoms with Gasteiger partial charge in [0.15, 0.2) is 0 Å². The predicted octanol–water partition coefficient (Wildman–Crippen LogP) is 2.11. The molecular formula is C13H27N5. The van der Waals surface area contributed by atoms with E-state index in [9.17, 15) is 0 Å². The second-order valence-electron chi connectivity index (χ2n) is 5.95. The van der Waals surface area contributed by atoms with Gasteiger partial charge in [-0.3, -0.25) is 0 Å². The molecule has 0 radical (unpaired) electrons. The lowest BCUT2D eigenvalue weighted by atomic mass is 10.0. The minimum Gasteiger partial charge on any atom is -0.394 e. The standard InChI is InChI=1S/C13H27N5/c1-9(2)18-12(11(14)10(3)16-18)15-8-13(4,5)17(6)7/h9,15H,8,14H2,1-7H3.